The minimum atomic E-state index is -1.13. The summed E-state index contributed by atoms with van der Waals surface area (Å²) in [5, 5.41) is 24.1. The number of hydrogen-bond donors (Lipinski definition) is 3. The standard InChI is InChI=1S/C28H38ClFN6O4/c1-40-21(17-30)18-36(15-3-2-6-20-8-7-19-5-4-13-31-25(19)33-20)16-10-23(26(37)38)34-27(39)28(11-12-28)24-22(29)9-14-32-35-24/h7-9,14,21,23H,2-6,10-13,15-18H2,1H3,(H,31,33)(H,34,39)(H,37,38). The van der Waals surface area contributed by atoms with Crippen LogP contribution in [0.2, 0.25) is 5.02 Å². The first-order valence-corrected chi connectivity index (χ1v) is 14.3. The summed E-state index contributed by atoms with van der Waals surface area (Å²) in [6.45, 7) is 1.63. The van der Waals surface area contributed by atoms with Crippen molar-refractivity contribution in [3.8, 4) is 0 Å². The van der Waals surface area contributed by atoms with Crippen molar-refractivity contribution in [3.63, 3.8) is 0 Å². The quantitative estimate of drug-likeness (QED) is 0.258. The first kappa shape index (κ1) is 30.1. The highest BCUT2D eigenvalue weighted by molar-refractivity contribution is 6.31. The number of unbranched alkanes of at least 4 members (excludes halogenated alkanes) is 1. The third-order valence-electron chi connectivity index (χ3n) is 7.72. The van der Waals surface area contributed by atoms with Gasteiger partial charge in [-0.15, -0.1) is 0 Å². The normalized spacial score (nSPS) is 17.0. The Kier molecular flexibility index (Phi) is 10.6. The number of carbonyl (C=O) groups is 2. The Labute approximate surface area is 239 Å². The summed E-state index contributed by atoms with van der Waals surface area (Å²) in [5.74, 6) is -0.567. The molecule has 0 saturated heterocycles. The van der Waals surface area contributed by atoms with Crippen LogP contribution in [0.15, 0.2) is 24.4 Å². The van der Waals surface area contributed by atoms with Crippen LogP contribution in [-0.4, -0.2) is 89.2 Å². The molecule has 0 bridgehead atoms. The van der Waals surface area contributed by atoms with Crippen LogP contribution in [0.3, 0.4) is 0 Å². The van der Waals surface area contributed by atoms with Gasteiger partial charge in [-0.2, -0.15) is 10.2 Å². The molecular formula is C28H38ClFN6O4. The first-order chi connectivity index (χ1) is 19.4. The second-order valence-electron chi connectivity index (χ2n) is 10.6. The average molecular weight is 577 g/mol. The lowest BCUT2D eigenvalue weighted by atomic mass is 10.00. The van der Waals surface area contributed by atoms with Crippen LogP contribution in [-0.2, 0) is 32.6 Å². The fraction of sp³-hybridized carbons (Fsp3) is 0.607. The Hall–Kier alpha value is -2.89. The largest absolute Gasteiger partial charge is 0.480 e. The summed E-state index contributed by atoms with van der Waals surface area (Å²) in [7, 11) is 1.46. The molecule has 1 saturated carbocycles. The maximum Gasteiger partial charge on any atom is 0.326 e. The van der Waals surface area contributed by atoms with Crippen LogP contribution >= 0.6 is 11.6 Å². The number of methoxy groups -OCH3 is 1. The van der Waals surface area contributed by atoms with Gasteiger partial charge >= 0.3 is 5.97 Å². The van der Waals surface area contributed by atoms with Crippen molar-refractivity contribution in [2.45, 2.75) is 68.9 Å². The van der Waals surface area contributed by atoms with Gasteiger partial charge in [-0.3, -0.25) is 4.79 Å². The zero-order chi connectivity index (χ0) is 28.5. The predicted octanol–water partition coefficient (Wildman–Crippen LogP) is 3.18. The Morgan fingerprint density at radius 3 is 2.80 bits per heavy atom. The molecule has 2 unspecified atom stereocenters. The highest BCUT2D eigenvalue weighted by Crippen LogP contribution is 2.49. The maximum atomic E-state index is 13.5. The molecule has 1 fully saturated rings. The summed E-state index contributed by atoms with van der Waals surface area (Å²) in [6, 6.07) is 4.68. The summed E-state index contributed by atoms with van der Waals surface area (Å²) in [5.41, 5.74) is 1.71. The molecule has 0 aromatic carbocycles. The number of carboxylic acid groups (broad SMARTS) is 1. The number of ether oxygens (including phenoxy) is 1. The second kappa shape index (κ2) is 14.1. The van der Waals surface area contributed by atoms with Gasteiger partial charge < -0.3 is 25.4 Å². The lowest BCUT2D eigenvalue weighted by Crippen LogP contribution is -2.48. The SMILES string of the molecule is COC(CF)CN(CCCCc1ccc2c(n1)NCCC2)CCC(NC(=O)C1(c2nnccc2Cl)CC1)C(=O)O. The molecule has 3 heterocycles. The summed E-state index contributed by atoms with van der Waals surface area (Å²) < 4.78 is 18.7. The van der Waals surface area contributed by atoms with Crippen molar-refractivity contribution < 1.29 is 23.8 Å². The molecule has 12 heteroatoms. The van der Waals surface area contributed by atoms with Crippen LogP contribution in [0.25, 0.3) is 0 Å². The van der Waals surface area contributed by atoms with E-state index in [9.17, 15) is 19.1 Å². The Morgan fingerprint density at radius 2 is 2.10 bits per heavy atom. The van der Waals surface area contributed by atoms with Crippen LogP contribution in [0, 0.1) is 0 Å². The van der Waals surface area contributed by atoms with E-state index in [2.05, 4.69) is 33.0 Å². The fourth-order valence-corrected chi connectivity index (χ4v) is 5.40. The molecule has 1 amide bonds. The zero-order valence-corrected chi connectivity index (χ0v) is 23.6. The van der Waals surface area contributed by atoms with Crippen molar-refractivity contribution in [3.05, 3.63) is 46.4 Å². The number of nitrogens with one attached hydrogen (secondary N) is 2. The number of fused-ring (bicyclic) bond motifs is 1. The molecule has 218 valence electrons. The van der Waals surface area contributed by atoms with Crippen molar-refractivity contribution >= 4 is 29.3 Å². The number of aryl methyl sites for hydroxylation is 2. The molecule has 2 aliphatic rings. The number of aromatic nitrogens is 3. The number of carbonyl (C=O) groups excluding carboxylic acids is 1. The van der Waals surface area contributed by atoms with Crippen LogP contribution in [0.4, 0.5) is 10.2 Å². The lowest BCUT2D eigenvalue weighted by molar-refractivity contribution is -0.142. The molecule has 1 aliphatic carbocycles. The third-order valence-corrected chi connectivity index (χ3v) is 8.03. The maximum absolute atomic E-state index is 13.5. The second-order valence-corrected chi connectivity index (χ2v) is 11.0. The summed E-state index contributed by atoms with van der Waals surface area (Å²) in [6.07, 6.45) is 6.74. The lowest BCUT2D eigenvalue weighted by Gasteiger charge is -2.27. The number of anilines is 1. The van der Waals surface area contributed by atoms with Gasteiger partial charge in [-0.25, -0.2) is 14.2 Å². The van der Waals surface area contributed by atoms with E-state index < -0.39 is 36.1 Å². The highest BCUT2D eigenvalue weighted by atomic mass is 35.5. The molecule has 0 spiro atoms. The molecular weight excluding hydrogens is 539 g/mol. The molecule has 3 N–H and O–H groups in total. The molecule has 2 atom stereocenters. The van der Waals surface area contributed by atoms with E-state index >= 15 is 0 Å². The number of alkyl halides is 1. The van der Waals surface area contributed by atoms with Crippen molar-refractivity contribution in [1.82, 2.24) is 25.4 Å². The fourth-order valence-electron chi connectivity index (χ4n) is 5.12. The number of halogens is 2. The van der Waals surface area contributed by atoms with Gasteiger partial charge in [0, 0.05) is 32.4 Å². The monoisotopic (exact) mass is 576 g/mol. The Balaban J connectivity index is 1.32. The molecule has 0 radical (unpaired) electrons. The van der Waals surface area contributed by atoms with Gasteiger partial charge in [0.1, 0.15) is 18.5 Å². The number of carboxylic acids is 1. The van der Waals surface area contributed by atoms with E-state index in [0.717, 1.165) is 50.2 Å². The summed E-state index contributed by atoms with van der Waals surface area (Å²) in [4.78, 5) is 32.0. The minimum Gasteiger partial charge on any atom is -0.480 e. The van der Waals surface area contributed by atoms with Crippen LogP contribution in [0.5, 0.6) is 0 Å². The van der Waals surface area contributed by atoms with E-state index in [0.29, 0.717) is 43.2 Å². The van der Waals surface area contributed by atoms with Crippen LogP contribution < -0.4 is 10.6 Å². The molecule has 10 nitrogen and oxygen atoms in total. The van der Waals surface area contributed by atoms with Gasteiger partial charge in [0.2, 0.25) is 5.91 Å². The Bertz CT molecular complexity index is 1160. The average Bonchev–Trinajstić information content (AvgIpc) is 3.77. The number of hydrogen-bond acceptors (Lipinski definition) is 8. The van der Waals surface area contributed by atoms with Gasteiger partial charge in [-0.1, -0.05) is 17.7 Å². The number of nitrogens with zero attached hydrogens (tertiary/aromatic N) is 4. The van der Waals surface area contributed by atoms with E-state index in [4.69, 9.17) is 21.3 Å². The van der Waals surface area contributed by atoms with Gasteiger partial charge in [-0.05, 0) is 75.6 Å². The minimum absolute atomic E-state index is 0.159. The third kappa shape index (κ3) is 7.64. The van der Waals surface area contributed by atoms with Gasteiger partial charge in [0.15, 0.2) is 0 Å². The number of amides is 1. The number of rotatable bonds is 16. The molecule has 2 aromatic heterocycles. The van der Waals surface area contributed by atoms with E-state index in [-0.39, 0.29) is 6.42 Å². The molecule has 2 aromatic rings. The van der Waals surface area contributed by atoms with Gasteiger partial charge in [0.05, 0.1) is 28.4 Å². The van der Waals surface area contributed by atoms with Crippen molar-refractivity contribution in [1.29, 1.82) is 0 Å². The van der Waals surface area contributed by atoms with Crippen molar-refractivity contribution in [2.24, 2.45) is 0 Å². The molecule has 40 heavy (non-hydrogen) atoms. The van der Waals surface area contributed by atoms with E-state index in [1.54, 1.807) is 6.07 Å². The van der Waals surface area contributed by atoms with Gasteiger partial charge in [0.25, 0.3) is 0 Å². The number of pyridine rings is 1. The molecule has 4 rings (SSSR count). The molecule has 1 aliphatic heterocycles. The van der Waals surface area contributed by atoms with E-state index in [1.807, 2.05) is 4.90 Å². The topological polar surface area (TPSA) is 130 Å². The smallest absolute Gasteiger partial charge is 0.326 e. The first-order valence-electron chi connectivity index (χ1n) is 13.9. The van der Waals surface area contributed by atoms with Crippen LogP contribution in [0.1, 0.15) is 55.5 Å². The number of aliphatic carboxylic acids is 1. The Morgan fingerprint density at radius 1 is 1.27 bits per heavy atom. The predicted molar refractivity (Wildman–Crippen MR) is 149 cm³/mol. The van der Waals surface area contributed by atoms with Crippen molar-refractivity contribution in [2.75, 3.05) is 45.3 Å². The zero-order valence-electron chi connectivity index (χ0n) is 22.9. The van der Waals surface area contributed by atoms with E-state index in [1.165, 1.54) is 18.9 Å². The summed E-state index contributed by atoms with van der Waals surface area (Å²) >= 11 is 6.25. The highest BCUT2D eigenvalue weighted by Gasteiger charge is 2.54.